The van der Waals surface area contributed by atoms with Crippen molar-refractivity contribution in [2.24, 2.45) is 0 Å². The van der Waals surface area contributed by atoms with E-state index in [-0.39, 0.29) is 11.9 Å². The summed E-state index contributed by atoms with van der Waals surface area (Å²) in [5.41, 5.74) is 6.23. The summed E-state index contributed by atoms with van der Waals surface area (Å²) in [5.74, 6) is 0.892. The molecule has 0 saturated carbocycles. The molecule has 1 aliphatic heterocycles. The van der Waals surface area contributed by atoms with Gasteiger partial charge in [-0.05, 0) is 18.6 Å². The quantitative estimate of drug-likeness (QED) is 0.755. The molecule has 0 radical (unpaired) electrons. The number of rotatable bonds is 2. The number of hydrogen-bond acceptors (Lipinski definition) is 4. The highest BCUT2D eigenvalue weighted by Crippen LogP contribution is 2.18. The molecule has 5 heteroatoms. The van der Waals surface area contributed by atoms with E-state index >= 15 is 0 Å². The number of carbonyl (C=O) groups excluding carboxylic acids is 1. The minimum absolute atomic E-state index is 0.0763. The van der Waals surface area contributed by atoms with E-state index in [9.17, 15) is 4.79 Å². The highest BCUT2D eigenvalue weighted by molar-refractivity contribution is 5.86. The summed E-state index contributed by atoms with van der Waals surface area (Å²) in [4.78, 5) is 18.0. The van der Waals surface area contributed by atoms with Crippen LogP contribution in [0.3, 0.4) is 0 Å². The van der Waals surface area contributed by atoms with Gasteiger partial charge < -0.3 is 16.0 Å². The third-order valence-electron chi connectivity index (χ3n) is 2.78. The van der Waals surface area contributed by atoms with Gasteiger partial charge in [-0.1, -0.05) is 6.92 Å². The van der Waals surface area contributed by atoms with Crippen LogP contribution in [0.2, 0.25) is 0 Å². The van der Waals surface area contributed by atoms with Crippen LogP contribution in [-0.4, -0.2) is 30.0 Å². The lowest BCUT2D eigenvalue weighted by molar-refractivity contribution is -0.123. The van der Waals surface area contributed by atoms with E-state index in [1.807, 2.05) is 24.0 Å². The third kappa shape index (κ3) is 1.93. The van der Waals surface area contributed by atoms with Gasteiger partial charge in [0.15, 0.2) is 0 Å². The van der Waals surface area contributed by atoms with Crippen molar-refractivity contribution in [2.45, 2.75) is 19.4 Å². The Morgan fingerprint density at radius 1 is 1.62 bits per heavy atom. The smallest absolute Gasteiger partial charge is 0.242 e. The number of amides is 1. The Morgan fingerprint density at radius 2 is 2.44 bits per heavy atom. The number of hydrogen-bond donors (Lipinski definition) is 2. The number of anilines is 2. The Kier molecular flexibility index (Phi) is 2.94. The first-order chi connectivity index (χ1) is 7.72. The number of nitrogens with zero attached hydrogens (tertiary/aromatic N) is 2. The maximum absolute atomic E-state index is 11.7. The molecule has 3 N–H and O–H groups in total. The van der Waals surface area contributed by atoms with Crippen LogP contribution in [0.1, 0.15) is 13.3 Å². The van der Waals surface area contributed by atoms with Crippen LogP contribution in [0, 0.1) is 0 Å². The lowest BCUT2D eigenvalue weighted by Crippen LogP contribution is -2.55. The zero-order valence-corrected chi connectivity index (χ0v) is 9.31. The molecule has 0 bridgehead atoms. The molecule has 1 saturated heterocycles. The monoisotopic (exact) mass is 220 g/mol. The maximum Gasteiger partial charge on any atom is 0.242 e. The van der Waals surface area contributed by atoms with Crippen LogP contribution in [0.5, 0.6) is 0 Å². The number of nitrogens with two attached hydrogens (primary N) is 1. The average Bonchev–Trinajstić information content (AvgIpc) is 2.30. The fourth-order valence-corrected chi connectivity index (χ4v) is 1.96. The van der Waals surface area contributed by atoms with E-state index in [1.54, 1.807) is 6.20 Å². The highest BCUT2D eigenvalue weighted by Gasteiger charge is 2.28. The normalized spacial score (nSPS) is 20.7. The second-order valence-electron chi connectivity index (χ2n) is 3.86. The zero-order valence-electron chi connectivity index (χ0n) is 9.31. The van der Waals surface area contributed by atoms with Gasteiger partial charge in [-0.3, -0.25) is 4.79 Å². The Balaban J connectivity index is 2.24. The predicted octanol–water partition coefficient (Wildman–Crippen LogP) is 0.379. The third-order valence-corrected chi connectivity index (χ3v) is 2.78. The zero-order chi connectivity index (χ0) is 11.5. The largest absolute Gasteiger partial charge is 0.397 e. The molecular weight excluding hydrogens is 204 g/mol. The summed E-state index contributed by atoms with van der Waals surface area (Å²) >= 11 is 0. The minimum Gasteiger partial charge on any atom is -0.397 e. The van der Waals surface area contributed by atoms with Gasteiger partial charge in [-0.25, -0.2) is 4.98 Å². The van der Waals surface area contributed by atoms with Crippen molar-refractivity contribution in [1.29, 1.82) is 0 Å². The SMILES string of the molecule is CCC1C(=O)NCCN1c1ccc(N)cn1. The lowest BCUT2D eigenvalue weighted by Gasteiger charge is -2.35. The Morgan fingerprint density at radius 3 is 3.06 bits per heavy atom. The summed E-state index contributed by atoms with van der Waals surface area (Å²) < 4.78 is 0. The lowest BCUT2D eigenvalue weighted by atomic mass is 10.1. The number of nitrogen functional groups attached to an aromatic ring is 1. The van der Waals surface area contributed by atoms with E-state index < -0.39 is 0 Å². The molecule has 1 atom stereocenters. The van der Waals surface area contributed by atoms with Gasteiger partial charge >= 0.3 is 0 Å². The second kappa shape index (κ2) is 4.38. The first-order valence-electron chi connectivity index (χ1n) is 5.48. The summed E-state index contributed by atoms with van der Waals surface area (Å²) in [6, 6.07) is 3.54. The molecule has 0 aromatic carbocycles. The number of nitrogens with one attached hydrogen (secondary N) is 1. The Hall–Kier alpha value is -1.78. The van der Waals surface area contributed by atoms with Gasteiger partial charge in [0.2, 0.25) is 5.91 Å². The van der Waals surface area contributed by atoms with Gasteiger partial charge in [0.05, 0.1) is 11.9 Å². The maximum atomic E-state index is 11.7. The van der Waals surface area contributed by atoms with E-state index in [2.05, 4.69) is 10.3 Å². The van der Waals surface area contributed by atoms with E-state index in [0.29, 0.717) is 12.2 Å². The first-order valence-corrected chi connectivity index (χ1v) is 5.48. The Labute approximate surface area is 94.6 Å². The van der Waals surface area contributed by atoms with Crippen LogP contribution < -0.4 is 16.0 Å². The number of carbonyl (C=O) groups is 1. The van der Waals surface area contributed by atoms with E-state index in [4.69, 9.17) is 5.73 Å². The average molecular weight is 220 g/mol. The van der Waals surface area contributed by atoms with Gasteiger partial charge in [0.1, 0.15) is 11.9 Å². The molecule has 1 aromatic rings. The van der Waals surface area contributed by atoms with Crippen LogP contribution in [0.25, 0.3) is 0 Å². The van der Waals surface area contributed by atoms with Crippen LogP contribution in [0.4, 0.5) is 11.5 Å². The number of aromatic nitrogens is 1. The van der Waals surface area contributed by atoms with E-state index in [0.717, 1.165) is 18.8 Å². The first kappa shape index (κ1) is 10.7. The van der Waals surface area contributed by atoms with Gasteiger partial charge in [-0.2, -0.15) is 0 Å². The molecule has 5 nitrogen and oxygen atoms in total. The fraction of sp³-hybridized carbons (Fsp3) is 0.455. The molecule has 0 aliphatic carbocycles. The highest BCUT2D eigenvalue weighted by atomic mass is 16.2. The summed E-state index contributed by atoms with van der Waals surface area (Å²) in [6.07, 6.45) is 2.40. The van der Waals surface area contributed by atoms with Crippen LogP contribution >= 0.6 is 0 Å². The van der Waals surface area contributed by atoms with Gasteiger partial charge in [-0.15, -0.1) is 0 Å². The predicted molar refractivity (Wildman–Crippen MR) is 63.1 cm³/mol. The molecule has 2 heterocycles. The van der Waals surface area contributed by atoms with Crippen molar-refractivity contribution in [3.05, 3.63) is 18.3 Å². The summed E-state index contributed by atoms with van der Waals surface area (Å²) in [7, 11) is 0. The van der Waals surface area contributed by atoms with Crippen LogP contribution in [-0.2, 0) is 4.79 Å². The van der Waals surface area contributed by atoms with Crippen molar-refractivity contribution in [2.75, 3.05) is 23.7 Å². The molecule has 0 spiro atoms. The van der Waals surface area contributed by atoms with Gasteiger partial charge in [0.25, 0.3) is 0 Å². The molecule has 2 rings (SSSR count). The summed E-state index contributed by atoms with van der Waals surface area (Å²) in [5, 5.41) is 2.86. The van der Waals surface area contributed by atoms with Crippen molar-refractivity contribution >= 4 is 17.4 Å². The molecule has 86 valence electrons. The number of piperazine rings is 1. The minimum atomic E-state index is -0.120. The molecule has 1 fully saturated rings. The van der Waals surface area contributed by atoms with E-state index in [1.165, 1.54) is 0 Å². The molecule has 1 amide bonds. The standard InChI is InChI=1S/C11H16N4O/c1-2-9-11(16)13-5-6-15(9)10-4-3-8(12)7-14-10/h3-4,7,9H,2,5-6,12H2,1H3,(H,13,16). The molecule has 1 unspecified atom stereocenters. The van der Waals surface area contributed by atoms with Crippen molar-refractivity contribution < 1.29 is 4.79 Å². The van der Waals surface area contributed by atoms with Crippen LogP contribution in [0.15, 0.2) is 18.3 Å². The molecule has 1 aromatic heterocycles. The van der Waals surface area contributed by atoms with Crippen molar-refractivity contribution in [3.8, 4) is 0 Å². The van der Waals surface area contributed by atoms with Crippen molar-refractivity contribution in [1.82, 2.24) is 10.3 Å². The summed E-state index contributed by atoms with van der Waals surface area (Å²) in [6.45, 7) is 3.46. The Bertz CT molecular complexity index is 376. The molecular formula is C11H16N4O. The van der Waals surface area contributed by atoms with Gasteiger partial charge in [0, 0.05) is 13.1 Å². The molecule has 16 heavy (non-hydrogen) atoms. The topological polar surface area (TPSA) is 71.2 Å². The molecule has 1 aliphatic rings. The second-order valence-corrected chi connectivity index (χ2v) is 3.86. The fourth-order valence-electron chi connectivity index (χ4n) is 1.96. The number of pyridine rings is 1. The van der Waals surface area contributed by atoms with Crippen molar-refractivity contribution in [3.63, 3.8) is 0 Å².